The van der Waals surface area contributed by atoms with Crippen molar-refractivity contribution in [1.82, 2.24) is 5.43 Å². The third kappa shape index (κ3) is 4.23. The van der Waals surface area contributed by atoms with Crippen molar-refractivity contribution in [3.63, 3.8) is 0 Å². The molecule has 0 aliphatic carbocycles. The average Bonchev–Trinajstić information content (AvgIpc) is 2.58. The molecule has 0 aromatic heterocycles. The minimum atomic E-state index is -0.347. The SMILES string of the molecule is CC/C(=N\NC(=O)c1ccc(OC)cc1)c1cc(Cl)ccc1O. The summed E-state index contributed by atoms with van der Waals surface area (Å²) < 4.78 is 5.05. The molecule has 23 heavy (non-hydrogen) atoms. The van der Waals surface area contributed by atoms with Crippen LogP contribution in [0.2, 0.25) is 5.02 Å². The standard InChI is InChI=1S/C17H17ClN2O3/c1-3-15(14-10-12(18)6-9-16(14)21)19-20-17(22)11-4-7-13(23-2)8-5-11/h4-10,21H,3H2,1-2H3,(H,20,22)/b19-15+. The van der Waals surface area contributed by atoms with Gasteiger partial charge < -0.3 is 9.84 Å². The molecule has 6 heteroatoms. The van der Waals surface area contributed by atoms with Gasteiger partial charge in [0.15, 0.2) is 0 Å². The molecule has 0 unspecified atom stereocenters. The topological polar surface area (TPSA) is 70.9 Å². The average molecular weight is 333 g/mol. The van der Waals surface area contributed by atoms with E-state index in [1.54, 1.807) is 43.5 Å². The van der Waals surface area contributed by atoms with Crippen LogP contribution in [-0.2, 0) is 0 Å². The second kappa shape index (κ2) is 7.65. The van der Waals surface area contributed by atoms with Crippen LogP contribution in [0.15, 0.2) is 47.6 Å². The summed E-state index contributed by atoms with van der Waals surface area (Å²) in [4.78, 5) is 12.1. The number of aromatic hydroxyl groups is 1. The molecule has 0 aliphatic rings. The van der Waals surface area contributed by atoms with Gasteiger partial charge in [-0.05, 0) is 48.9 Å². The number of phenols is 1. The zero-order valence-electron chi connectivity index (χ0n) is 12.8. The lowest BCUT2D eigenvalue weighted by Gasteiger charge is -2.08. The Kier molecular flexibility index (Phi) is 5.60. The van der Waals surface area contributed by atoms with Crippen LogP contribution in [0.25, 0.3) is 0 Å². The molecule has 0 aliphatic heterocycles. The van der Waals surface area contributed by atoms with Crippen LogP contribution in [-0.4, -0.2) is 23.8 Å². The molecule has 0 saturated carbocycles. The van der Waals surface area contributed by atoms with Gasteiger partial charge in [0, 0.05) is 16.1 Å². The van der Waals surface area contributed by atoms with Crippen molar-refractivity contribution >= 4 is 23.2 Å². The van der Waals surface area contributed by atoms with Gasteiger partial charge in [-0.3, -0.25) is 4.79 Å². The largest absolute Gasteiger partial charge is 0.507 e. The third-order valence-electron chi connectivity index (χ3n) is 3.25. The van der Waals surface area contributed by atoms with Crippen LogP contribution in [0, 0.1) is 0 Å². The zero-order chi connectivity index (χ0) is 16.8. The fraction of sp³-hybridized carbons (Fsp3) is 0.176. The molecule has 0 fully saturated rings. The maximum absolute atomic E-state index is 12.1. The first-order chi connectivity index (χ1) is 11.0. The van der Waals surface area contributed by atoms with Crippen molar-refractivity contribution in [3.8, 4) is 11.5 Å². The summed E-state index contributed by atoms with van der Waals surface area (Å²) in [5.74, 6) is 0.386. The zero-order valence-corrected chi connectivity index (χ0v) is 13.6. The lowest BCUT2D eigenvalue weighted by molar-refractivity contribution is 0.0954. The monoisotopic (exact) mass is 332 g/mol. The van der Waals surface area contributed by atoms with E-state index in [0.29, 0.717) is 34.0 Å². The number of nitrogens with one attached hydrogen (secondary N) is 1. The Morgan fingerprint density at radius 3 is 2.57 bits per heavy atom. The van der Waals surface area contributed by atoms with Gasteiger partial charge in [-0.15, -0.1) is 0 Å². The highest BCUT2D eigenvalue weighted by atomic mass is 35.5. The van der Waals surface area contributed by atoms with Gasteiger partial charge in [-0.2, -0.15) is 5.10 Å². The Hall–Kier alpha value is -2.53. The Balaban J connectivity index is 2.18. The molecule has 5 nitrogen and oxygen atoms in total. The molecule has 0 atom stereocenters. The first-order valence-corrected chi connectivity index (χ1v) is 7.42. The normalized spacial score (nSPS) is 11.2. The molecule has 2 rings (SSSR count). The van der Waals surface area contributed by atoms with Crippen molar-refractivity contribution in [3.05, 3.63) is 58.6 Å². The quantitative estimate of drug-likeness (QED) is 0.649. The highest BCUT2D eigenvalue weighted by molar-refractivity contribution is 6.31. The number of hydrazone groups is 1. The fourth-order valence-electron chi connectivity index (χ4n) is 1.99. The number of amides is 1. The maximum Gasteiger partial charge on any atom is 0.271 e. The second-order valence-corrected chi connectivity index (χ2v) is 5.18. The predicted molar refractivity (Wildman–Crippen MR) is 90.4 cm³/mol. The van der Waals surface area contributed by atoms with E-state index in [9.17, 15) is 9.90 Å². The van der Waals surface area contributed by atoms with Gasteiger partial charge >= 0.3 is 0 Å². The first kappa shape index (κ1) is 16.8. The fourth-order valence-corrected chi connectivity index (χ4v) is 2.17. The molecular weight excluding hydrogens is 316 g/mol. The molecule has 0 saturated heterocycles. The van der Waals surface area contributed by atoms with Gasteiger partial charge in [0.2, 0.25) is 0 Å². The first-order valence-electron chi connectivity index (χ1n) is 7.05. The van der Waals surface area contributed by atoms with Crippen molar-refractivity contribution in [2.75, 3.05) is 7.11 Å². The van der Waals surface area contributed by atoms with Gasteiger partial charge in [0.25, 0.3) is 5.91 Å². The number of methoxy groups -OCH3 is 1. The molecule has 0 bridgehead atoms. The number of carbonyl (C=O) groups excluding carboxylic acids is 1. The number of rotatable bonds is 5. The molecule has 0 spiro atoms. The molecule has 2 N–H and O–H groups in total. The van der Waals surface area contributed by atoms with E-state index in [2.05, 4.69) is 10.5 Å². The van der Waals surface area contributed by atoms with Gasteiger partial charge in [-0.25, -0.2) is 5.43 Å². The summed E-state index contributed by atoms with van der Waals surface area (Å²) in [5.41, 5.74) is 3.97. The molecule has 120 valence electrons. The summed E-state index contributed by atoms with van der Waals surface area (Å²) in [5, 5.41) is 14.5. The van der Waals surface area contributed by atoms with E-state index in [0.717, 1.165) is 0 Å². The van der Waals surface area contributed by atoms with E-state index in [1.807, 2.05) is 6.92 Å². The highest BCUT2D eigenvalue weighted by Crippen LogP contribution is 2.23. The number of hydrogen-bond acceptors (Lipinski definition) is 4. The molecule has 2 aromatic rings. The molecule has 2 aromatic carbocycles. The lowest BCUT2D eigenvalue weighted by atomic mass is 10.1. The van der Waals surface area contributed by atoms with E-state index in [-0.39, 0.29) is 11.7 Å². The van der Waals surface area contributed by atoms with E-state index in [1.165, 1.54) is 6.07 Å². The number of ether oxygens (including phenoxy) is 1. The van der Waals surface area contributed by atoms with Crippen LogP contribution in [0.1, 0.15) is 29.3 Å². The van der Waals surface area contributed by atoms with Gasteiger partial charge in [0.05, 0.1) is 12.8 Å². The van der Waals surface area contributed by atoms with Crippen LogP contribution in [0.5, 0.6) is 11.5 Å². The Morgan fingerprint density at radius 1 is 1.26 bits per heavy atom. The van der Waals surface area contributed by atoms with Gasteiger partial charge in [-0.1, -0.05) is 18.5 Å². The molecule has 0 radical (unpaired) electrons. The summed E-state index contributed by atoms with van der Waals surface area (Å²) in [6.07, 6.45) is 0.525. The number of nitrogens with zero attached hydrogens (tertiary/aromatic N) is 1. The third-order valence-corrected chi connectivity index (χ3v) is 3.48. The van der Waals surface area contributed by atoms with Crippen molar-refractivity contribution in [2.45, 2.75) is 13.3 Å². The Morgan fingerprint density at radius 2 is 1.96 bits per heavy atom. The maximum atomic E-state index is 12.1. The number of halogens is 1. The van der Waals surface area contributed by atoms with Crippen molar-refractivity contribution in [1.29, 1.82) is 0 Å². The number of carbonyl (C=O) groups is 1. The smallest absolute Gasteiger partial charge is 0.271 e. The second-order valence-electron chi connectivity index (χ2n) is 4.74. The van der Waals surface area contributed by atoms with Crippen LogP contribution >= 0.6 is 11.6 Å². The predicted octanol–water partition coefficient (Wildman–Crippen LogP) is 3.60. The highest BCUT2D eigenvalue weighted by Gasteiger charge is 2.10. The van der Waals surface area contributed by atoms with Crippen molar-refractivity contribution < 1.29 is 14.6 Å². The minimum absolute atomic E-state index is 0.0636. The van der Waals surface area contributed by atoms with E-state index in [4.69, 9.17) is 16.3 Å². The van der Waals surface area contributed by atoms with Crippen LogP contribution < -0.4 is 10.2 Å². The number of hydrogen-bond donors (Lipinski definition) is 2. The van der Waals surface area contributed by atoms with E-state index >= 15 is 0 Å². The Labute approximate surface area is 139 Å². The summed E-state index contributed by atoms with van der Waals surface area (Å²) in [6, 6.07) is 11.4. The number of phenolic OH excluding ortho intramolecular Hbond substituents is 1. The van der Waals surface area contributed by atoms with Gasteiger partial charge in [0.1, 0.15) is 11.5 Å². The summed E-state index contributed by atoms with van der Waals surface area (Å²) >= 11 is 5.94. The summed E-state index contributed by atoms with van der Waals surface area (Å²) in [7, 11) is 1.56. The molecule has 0 heterocycles. The minimum Gasteiger partial charge on any atom is -0.507 e. The van der Waals surface area contributed by atoms with Crippen LogP contribution in [0.4, 0.5) is 0 Å². The summed E-state index contributed by atoms with van der Waals surface area (Å²) in [6.45, 7) is 1.87. The van der Waals surface area contributed by atoms with E-state index < -0.39 is 0 Å². The lowest BCUT2D eigenvalue weighted by Crippen LogP contribution is -2.20. The van der Waals surface area contributed by atoms with Crippen molar-refractivity contribution in [2.24, 2.45) is 5.10 Å². The molecule has 1 amide bonds. The number of benzene rings is 2. The Bertz CT molecular complexity index is 727. The van der Waals surface area contributed by atoms with Crippen LogP contribution in [0.3, 0.4) is 0 Å². The molecular formula is C17H17ClN2O3.